The van der Waals surface area contributed by atoms with Gasteiger partial charge in [-0.25, -0.2) is 0 Å². The van der Waals surface area contributed by atoms with Gasteiger partial charge in [0.05, 0.1) is 11.1 Å². The molecule has 6 rings (SSSR count). The Kier molecular flexibility index (Phi) is 15.7. The van der Waals surface area contributed by atoms with Crippen molar-refractivity contribution in [3.8, 4) is 22.3 Å². The third kappa shape index (κ3) is 10.2. The van der Waals surface area contributed by atoms with Crippen LogP contribution in [0.15, 0.2) is 109 Å². The van der Waals surface area contributed by atoms with E-state index >= 15 is 0 Å². The predicted molar refractivity (Wildman–Crippen MR) is 167 cm³/mol. The van der Waals surface area contributed by atoms with Gasteiger partial charge >= 0.3 is 38.6 Å². The van der Waals surface area contributed by atoms with Crippen molar-refractivity contribution in [2.24, 2.45) is 0 Å². The van der Waals surface area contributed by atoms with Gasteiger partial charge < -0.3 is 24.8 Å². The van der Waals surface area contributed by atoms with Gasteiger partial charge in [-0.15, -0.1) is 69.1 Å². The maximum atomic E-state index is 12.8. The second-order valence-corrected chi connectivity index (χ2v) is 11.3. The first kappa shape index (κ1) is 41.4. The van der Waals surface area contributed by atoms with E-state index in [9.17, 15) is 26.3 Å². The van der Waals surface area contributed by atoms with Crippen molar-refractivity contribution in [2.45, 2.75) is 39.3 Å². The third-order valence-corrected chi connectivity index (χ3v) is 6.79. The van der Waals surface area contributed by atoms with Crippen molar-refractivity contribution in [1.29, 1.82) is 0 Å². The zero-order valence-electron chi connectivity index (χ0n) is 25.4. The van der Waals surface area contributed by atoms with Crippen LogP contribution in [0.2, 0.25) is 13.1 Å². The number of fused-ring (bicyclic) bond motifs is 2. The average Bonchev–Trinajstić information content (AvgIpc) is 3.53. The van der Waals surface area contributed by atoms with Crippen LogP contribution in [0.4, 0.5) is 26.3 Å². The Bertz CT molecular complexity index is 1700. The third-order valence-electron chi connectivity index (χ3n) is 6.79. The molecule has 0 atom stereocenters. The van der Waals surface area contributed by atoms with Crippen molar-refractivity contribution in [1.82, 2.24) is 0 Å². The van der Waals surface area contributed by atoms with Gasteiger partial charge in [0.15, 0.2) is 0 Å². The first-order valence-corrected chi connectivity index (χ1v) is 15.6. The van der Waals surface area contributed by atoms with Crippen molar-refractivity contribution in [2.75, 3.05) is 0 Å². The van der Waals surface area contributed by atoms with Crippen LogP contribution in [-0.4, -0.2) is 9.52 Å². The number of rotatable bonds is 2. The SMILES string of the molecule is C[Si]C.Cc1cc2c(-c3cccc(C(F)(F)F)c3)cccc2[cH-]1.Cc1cc2c(-c3cccc(C(F)(F)F)c3)cccc2[cH-]1.[Cl-].[Cl-].[Zr+4]. The van der Waals surface area contributed by atoms with E-state index in [1.807, 2.05) is 74.5 Å². The van der Waals surface area contributed by atoms with Crippen LogP contribution in [0.3, 0.4) is 0 Å². The van der Waals surface area contributed by atoms with Gasteiger partial charge in [-0.1, -0.05) is 74.5 Å². The molecule has 0 aliphatic heterocycles. The van der Waals surface area contributed by atoms with Crippen molar-refractivity contribution >= 4 is 31.1 Å². The van der Waals surface area contributed by atoms with Crippen molar-refractivity contribution < 1.29 is 77.4 Å². The molecule has 6 aromatic carbocycles. The number of alkyl halides is 6. The molecule has 0 aliphatic carbocycles. The largest absolute Gasteiger partial charge is 4.00 e. The number of aryl methyl sites for hydroxylation is 2. The Morgan fingerprint density at radius 1 is 0.522 bits per heavy atom. The molecule has 0 bridgehead atoms. The van der Waals surface area contributed by atoms with Gasteiger partial charge in [0.1, 0.15) is 0 Å². The summed E-state index contributed by atoms with van der Waals surface area (Å²) in [5.41, 5.74) is 3.85. The van der Waals surface area contributed by atoms with Gasteiger partial charge in [0, 0.05) is 9.52 Å². The monoisotopic (exact) mass is 764 g/mol. The predicted octanol–water partition coefficient (Wildman–Crippen LogP) is 5.90. The standard InChI is InChI=1S/2C17H12F3.C2H6Si.2ClH.Zr/c2*1-11-8-12-5-3-7-15(16(12)9-11)13-4-2-6-14(10-13)17(18,19)20;1-3-2;;;/h2*2-10H,1H3;1-2H3;2*1H;/q2*-1;;;;+4/p-2. The molecule has 0 aliphatic rings. The van der Waals surface area contributed by atoms with Crippen molar-refractivity contribution in [3.05, 3.63) is 131 Å². The van der Waals surface area contributed by atoms with E-state index in [1.54, 1.807) is 12.1 Å². The molecule has 238 valence electrons. The summed E-state index contributed by atoms with van der Waals surface area (Å²) in [5.74, 6) is 0. The summed E-state index contributed by atoms with van der Waals surface area (Å²) >= 11 is 0. The van der Waals surface area contributed by atoms with E-state index in [4.69, 9.17) is 0 Å². The zero-order chi connectivity index (χ0) is 31.4. The van der Waals surface area contributed by atoms with Crippen LogP contribution < -0.4 is 24.8 Å². The van der Waals surface area contributed by atoms with Crippen LogP contribution >= 0.6 is 0 Å². The Labute approximate surface area is 299 Å². The fraction of sp³-hybridized carbons (Fsp3) is 0.167. The number of hydrogen-bond acceptors (Lipinski definition) is 0. The van der Waals surface area contributed by atoms with E-state index in [2.05, 4.69) is 13.1 Å². The second kappa shape index (κ2) is 17.5. The summed E-state index contributed by atoms with van der Waals surface area (Å²) in [6.45, 7) is 8.27. The summed E-state index contributed by atoms with van der Waals surface area (Å²) in [6.07, 6.45) is -8.63. The molecule has 46 heavy (non-hydrogen) atoms. The van der Waals surface area contributed by atoms with E-state index in [0.29, 0.717) is 11.1 Å². The van der Waals surface area contributed by atoms with Gasteiger partial charge in [-0.05, 0) is 35.4 Å². The Balaban J connectivity index is 0.000000400. The fourth-order valence-corrected chi connectivity index (χ4v) is 5.00. The number of benzene rings is 4. The van der Waals surface area contributed by atoms with Gasteiger partial charge in [-0.2, -0.15) is 38.5 Å². The van der Waals surface area contributed by atoms with E-state index in [0.717, 1.165) is 65.5 Å². The summed E-state index contributed by atoms with van der Waals surface area (Å²) in [7, 11) is 1.08. The molecule has 0 saturated carbocycles. The summed E-state index contributed by atoms with van der Waals surface area (Å²) in [6, 6.07) is 30.4. The minimum absolute atomic E-state index is 0. The molecule has 6 aromatic rings. The van der Waals surface area contributed by atoms with Crippen LogP contribution in [0.5, 0.6) is 0 Å². The average molecular weight is 767 g/mol. The van der Waals surface area contributed by atoms with E-state index in [1.165, 1.54) is 24.3 Å². The molecule has 0 N–H and O–H groups in total. The maximum Gasteiger partial charge on any atom is 4.00 e. The molecule has 0 unspecified atom stereocenters. The van der Waals surface area contributed by atoms with E-state index < -0.39 is 23.5 Å². The number of halogens is 8. The molecule has 10 heteroatoms. The Morgan fingerprint density at radius 2 is 0.848 bits per heavy atom. The van der Waals surface area contributed by atoms with Gasteiger partial charge in [0.2, 0.25) is 0 Å². The molecular weight excluding hydrogens is 737 g/mol. The molecule has 0 nitrogen and oxygen atoms in total. The van der Waals surface area contributed by atoms with Crippen molar-refractivity contribution in [3.63, 3.8) is 0 Å². The quantitative estimate of drug-likeness (QED) is 0.117. The fourth-order valence-electron chi connectivity index (χ4n) is 5.00. The topological polar surface area (TPSA) is 0 Å². The second-order valence-electron chi connectivity index (χ2n) is 10.3. The normalized spacial score (nSPS) is 10.8. The summed E-state index contributed by atoms with van der Waals surface area (Å²) in [4.78, 5) is 0. The molecular formula is C36H30Cl2F6SiZr. The van der Waals surface area contributed by atoms with Gasteiger partial charge in [0.25, 0.3) is 0 Å². The molecule has 0 aromatic heterocycles. The zero-order valence-corrected chi connectivity index (χ0v) is 30.4. The first-order chi connectivity index (χ1) is 20.3. The van der Waals surface area contributed by atoms with Crippen LogP contribution in [0.1, 0.15) is 22.3 Å². The van der Waals surface area contributed by atoms with Crippen LogP contribution in [0, 0.1) is 13.8 Å². The minimum atomic E-state index is -4.31. The smallest absolute Gasteiger partial charge is 1.00 e. The molecule has 2 radical (unpaired) electrons. The Morgan fingerprint density at radius 3 is 1.17 bits per heavy atom. The molecule has 0 amide bonds. The van der Waals surface area contributed by atoms with E-state index in [-0.39, 0.29) is 51.0 Å². The molecule has 0 spiro atoms. The Hall–Kier alpha value is -2.64. The molecule has 0 saturated heterocycles. The minimum Gasteiger partial charge on any atom is -1.00 e. The summed E-state index contributed by atoms with van der Waals surface area (Å²) in [5, 5.41) is 4.09. The molecule has 0 fully saturated rings. The van der Waals surface area contributed by atoms with Gasteiger partial charge in [-0.3, -0.25) is 0 Å². The number of hydrogen-bond donors (Lipinski definition) is 0. The molecule has 0 heterocycles. The first-order valence-electron chi connectivity index (χ1n) is 13.6. The summed E-state index contributed by atoms with van der Waals surface area (Å²) < 4.78 is 76.8. The van der Waals surface area contributed by atoms with Crippen LogP contribution in [-0.2, 0) is 38.6 Å². The maximum absolute atomic E-state index is 12.8. The van der Waals surface area contributed by atoms with Crippen LogP contribution in [0.25, 0.3) is 43.8 Å².